The van der Waals surface area contributed by atoms with E-state index in [9.17, 15) is 0 Å². The van der Waals surface area contributed by atoms with Gasteiger partial charge in [-0.1, -0.05) is 103 Å². The minimum Gasteiger partial charge on any atom is -0.454 e. The minimum atomic E-state index is -0.527. The minimum absolute atomic E-state index is 0.465. The second-order valence-corrected chi connectivity index (χ2v) is 13.2. The molecule has 7 aromatic rings. The maximum absolute atomic E-state index is 6.86. The fourth-order valence-electron chi connectivity index (χ4n) is 6.53. The Balaban J connectivity index is 1.41. The van der Waals surface area contributed by atoms with Crippen molar-refractivity contribution in [1.82, 2.24) is 0 Å². The summed E-state index contributed by atoms with van der Waals surface area (Å²) < 4.78 is 20.0. The Morgan fingerprint density at radius 2 is 1.06 bits per heavy atom. The molecule has 4 nitrogen and oxygen atoms in total. The maximum Gasteiger partial charge on any atom is 0.495 e. The van der Waals surface area contributed by atoms with E-state index in [0.29, 0.717) is 0 Å². The molecule has 1 aromatic heterocycles. The quantitative estimate of drug-likeness (QED) is 0.175. The number of furan rings is 1. The van der Waals surface area contributed by atoms with E-state index in [-0.39, 0.29) is 0 Å². The van der Waals surface area contributed by atoms with Gasteiger partial charge in [-0.25, -0.2) is 0 Å². The van der Waals surface area contributed by atoms with Gasteiger partial charge in [-0.3, -0.25) is 0 Å². The van der Waals surface area contributed by atoms with Gasteiger partial charge in [0.2, 0.25) is 0 Å². The molecule has 1 aliphatic rings. The monoisotopic (exact) mass is 613 g/mol. The summed E-state index contributed by atoms with van der Waals surface area (Å²) in [7, 11) is -0.527. The van der Waals surface area contributed by atoms with Gasteiger partial charge in [0.05, 0.1) is 16.9 Å². The van der Waals surface area contributed by atoms with Crippen molar-refractivity contribution in [3.63, 3.8) is 0 Å². The number of nitrogens with zero attached hydrogens (tertiary/aromatic N) is 1. The molecule has 0 atom stereocenters. The Morgan fingerprint density at radius 3 is 1.72 bits per heavy atom. The molecule has 47 heavy (non-hydrogen) atoms. The van der Waals surface area contributed by atoms with E-state index in [1.807, 2.05) is 12.1 Å². The van der Waals surface area contributed by atoms with Crippen molar-refractivity contribution < 1.29 is 13.7 Å². The highest BCUT2D eigenvalue weighted by molar-refractivity contribution is 6.66. The zero-order valence-corrected chi connectivity index (χ0v) is 27.1. The van der Waals surface area contributed by atoms with Crippen molar-refractivity contribution >= 4 is 51.6 Å². The highest BCUT2D eigenvalue weighted by Gasteiger charge is 2.52. The maximum atomic E-state index is 6.86. The molecule has 0 saturated carbocycles. The lowest BCUT2D eigenvalue weighted by Crippen LogP contribution is -2.41. The lowest BCUT2D eigenvalue weighted by molar-refractivity contribution is 0.00578. The molecule has 8 rings (SSSR count). The Kier molecular flexibility index (Phi) is 7.05. The molecule has 0 amide bonds. The summed E-state index contributed by atoms with van der Waals surface area (Å²) in [5, 5.41) is 2.02. The summed E-state index contributed by atoms with van der Waals surface area (Å²) >= 11 is 0. The Labute approximate surface area is 276 Å². The predicted octanol–water partition coefficient (Wildman–Crippen LogP) is 10.7. The van der Waals surface area contributed by atoms with Crippen LogP contribution >= 0.6 is 0 Å². The van der Waals surface area contributed by atoms with E-state index in [4.69, 9.17) is 13.7 Å². The van der Waals surface area contributed by atoms with Gasteiger partial charge >= 0.3 is 7.12 Å². The molecule has 0 unspecified atom stereocenters. The lowest BCUT2D eigenvalue weighted by atomic mass is 9.76. The van der Waals surface area contributed by atoms with Crippen LogP contribution in [0.3, 0.4) is 0 Å². The van der Waals surface area contributed by atoms with Crippen LogP contribution in [0.5, 0.6) is 0 Å². The van der Waals surface area contributed by atoms with Crippen LogP contribution < -0.4 is 10.4 Å². The topological polar surface area (TPSA) is 34.8 Å². The molecule has 6 aromatic carbocycles. The summed E-state index contributed by atoms with van der Waals surface area (Å²) in [6.45, 7) is 8.36. The van der Waals surface area contributed by atoms with Gasteiger partial charge in [-0.15, -0.1) is 0 Å². The second kappa shape index (κ2) is 11.3. The summed E-state index contributed by atoms with van der Waals surface area (Å²) in [6.07, 6.45) is 0. The molecular weight excluding hydrogens is 577 g/mol. The van der Waals surface area contributed by atoms with Gasteiger partial charge in [-0.05, 0) is 97.9 Å². The number of hydrogen-bond donors (Lipinski definition) is 0. The number of benzene rings is 6. The summed E-state index contributed by atoms with van der Waals surface area (Å²) in [6, 6.07) is 50.9. The third kappa shape index (κ3) is 5.13. The van der Waals surface area contributed by atoms with Crippen LogP contribution in [0.2, 0.25) is 0 Å². The number of rotatable bonds is 6. The zero-order chi connectivity index (χ0) is 32.2. The number of hydrogen-bond acceptors (Lipinski definition) is 4. The molecule has 0 spiro atoms. The van der Waals surface area contributed by atoms with E-state index in [1.54, 1.807) is 0 Å². The second-order valence-electron chi connectivity index (χ2n) is 13.2. The van der Waals surface area contributed by atoms with Crippen molar-refractivity contribution in [2.24, 2.45) is 0 Å². The van der Waals surface area contributed by atoms with E-state index >= 15 is 0 Å². The lowest BCUT2D eigenvalue weighted by Gasteiger charge is -2.32. The fraction of sp³-hybridized carbons (Fsp3) is 0.143. The first-order valence-corrected chi connectivity index (χ1v) is 16.2. The Bertz CT molecular complexity index is 2190. The first kappa shape index (κ1) is 29.3. The van der Waals surface area contributed by atoms with Crippen molar-refractivity contribution in [1.29, 1.82) is 0 Å². The van der Waals surface area contributed by atoms with Gasteiger partial charge in [0.1, 0.15) is 5.58 Å². The van der Waals surface area contributed by atoms with Gasteiger partial charge in [0.15, 0.2) is 5.58 Å². The van der Waals surface area contributed by atoms with Gasteiger partial charge in [0, 0.05) is 22.1 Å². The summed E-state index contributed by atoms with van der Waals surface area (Å²) in [5.41, 5.74) is 9.20. The highest BCUT2D eigenvalue weighted by atomic mass is 16.7. The first-order valence-electron chi connectivity index (χ1n) is 16.2. The molecule has 230 valence electrons. The van der Waals surface area contributed by atoms with Crippen LogP contribution in [0.1, 0.15) is 27.7 Å². The van der Waals surface area contributed by atoms with Crippen LogP contribution in [0, 0.1) is 0 Å². The van der Waals surface area contributed by atoms with Gasteiger partial charge in [0.25, 0.3) is 0 Å². The van der Waals surface area contributed by atoms with Crippen LogP contribution in [0.15, 0.2) is 150 Å². The van der Waals surface area contributed by atoms with Crippen LogP contribution in [-0.2, 0) is 9.31 Å². The summed E-state index contributed by atoms with van der Waals surface area (Å²) in [5.74, 6) is 0. The van der Waals surface area contributed by atoms with Crippen molar-refractivity contribution in [2.45, 2.75) is 38.9 Å². The molecule has 1 saturated heterocycles. The molecule has 0 bridgehead atoms. The van der Waals surface area contributed by atoms with Crippen molar-refractivity contribution in [3.05, 3.63) is 146 Å². The zero-order valence-electron chi connectivity index (χ0n) is 27.1. The molecule has 0 radical (unpaired) electrons. The standard InChI is InChI=1S/C42H36BNO3/c1-41(2)42(3,4)47-43(46-41)36-24-15-25-38-39(36)35-27-32(30-18-10-6-11-19-30)28-37(40(35)45-38)44(33-21-12-7-13-22-33)34-23-14-20-31(26-34)29-16-8-5-9-17-29/h5-28H,1-4H3. The van der Waals surface area contributed by atoms with Crippen LogP contribution in [0.25, 0.3) is 44.2 Å². The summed E-state index contributed by atoms with van der Waals surface area (Å²) in [4.78, 5) is 2.30. The SMILES string of the molecule is CC1(C)OB(c2cccc3oc4c(N(c5ccccc5)c5cccc(-c6ccccc6)c5)cc(-c5ccccc5)cc4c23)OC1(C)C. The van der Waals surface area contributed by atoms with Crippen molar-refractivity contribution in [2.75, 3.05) is 4.90 Å². The number of anilines is 3. The Hall–Kier alpha value is -5.10. The predicted molar refractivity (Wildman–Crippen MR) is 195 cm³/mol. The van der Waals surface area contributed by atoms with Crippen LogP contribution in [-0.4, -0.2) is 18.3 Å². The van der Waals surface area contributed by atoms with E-state index < -0.39 is 18.3 Å². The molecule has 2 heterocycles. The van der Waals surface area contributed by atoms with E-state index in [1.165, 1.54) is 5.56 Å². The largest absolute Gasteiger partial charge is 0.495 e. The average Bonchev–Trinajstić information content (AvgIpc) is 3.58. The molecule has 0 N–H and O–H groups in total. The third-order valence-corrected chi connectivity index (χ3v) is 9.69. The average molecular weight is 614 g/mol. The van der Waals surface area contributed by atoms with E-state index in [0.717, 1.165) is 61.2 Å². The molecular formula is C42H36BNO3. The van der Waals surface area contributed by atoms with Gasteiger partial charge in [-0.2, -0.15) is 0 Å². The molecule has 1 fully saturated rings. The van der Waals surface area contributed by atoms with Gasteiger partial charge < -0.3 is 18.6 Å². The Morgan fingerprint density at radius 1 is 0.511 bits per heavy atom. The normalized spacial score (nSPS) is 15.4. The fourth-order valence-corrected chi connectivity index (χ4v) is 6.53. The molecule has 1 aliphatic heterocycles. The first-order chi connectivity index (χ1) is 22.8. The smallest absolute Gasteiger partial charge is 0.454 e. The van der Waals surface area contributed by atoms with Crippen molar-refractivity contribution in [3.8, 4) is 22.3 Å². The molecule has 0 aliphatic carbocycles. The molecule has 5 heteroatoms. The third-order valence-electron chi connectivity index (χ3n) is 9.69. The highest BCUT2D eigenvalue weighted by Crippen LogP contribution is 2.45. The number of fused-ring (bicyclic) bond motifs is 3. The number of para-hydroxylation sites is 1. The van der Waals surface area contributed by atoms with E-state index in [2.05, 4.69) is 166 Å². The van der Waals surface area contributed by atoms with Crippen LogP contribution in [0.4, 0.5) is 17.1 Å².